The van der Waals surface area contributed by atoms with Crippen molar-refractivity contribution in [3.63, 3.8) is 0 Å². The van der Waals surface area contributed by atoms with Gasteiger partial charge in [0.05, 0.1) is 11.4 Å². The molecule has 0 unspecified atom stereocenters. The fourth-order valence-electron chi connectivity index (χ4n) is 5.55. The Hall–Kier alpha value is -5.86. The van der Waals surface area contributed by atoms with E-state index in [9.17, 15) is 0 Å². The molecule has 0 fully saturated rings. The second-order valence-corrected chi connectivity index (χ2v) is 10.8. The smallest absolute Gasteiger partial charge is 0.0545 e. The van der Waals surface area contributed by atoms with E-state index in [1.54, 1.807) is 0 Å². The van der Waals surface area contributed by atoms with Crippen molar-refractivity contribution in [3.05, 3.63) is 180 Å². The van der Waals surface area contributed by atoms with Gasteiger partial charge in [-0.3, -0.25) is 0 Å². The van der Waals surface area contributed by atoms with Crippen molar-refractivity contribution < 1.29 is 0 Å². The topological polar surface area (TPSA) is 24.1 Å². The SMILES string of the molecule is C(=C\c1ccc(Nc2c3ccccc3c(Nc3ccc(/C=C/c4ccccc4)cc3)c3ccccc23)cc1)/c1ccccc1. The Morgan fingerprint density at radius 3 is 0.864 bits per heavy atom. The monoisotopic (exact) mass is 564 g/mol. The van der Waals surface area contributed by atoms with Crippen LogP contribution in [-0.2, 0) is 0 Å². The third-order valence-electron chi connectivity index (χ3n) is 7.83. The molecule has 0 aliphatic heterocycles. The van der Waals surface area contributed by atoms with Crippen LogP contribution in [0.2, 0.25) is 0 Å². The summed E-state index contributed by atoms with van der Waals surface area (Å²) >= 11 is 0. The number of fused-ring (bicyclic) bond motifs is 2. The van der Waals surface area contributed by atoms with Gasteiger partial charge >= 0.3 is 0 Å². The molecule has 44 heavy (non-hydrogen) atoms. The average Bonchev–Trinajstić information content (AvgIpc) is 3.10. The van der Waals surface area contributed by atoms with Gasteiger partial charge < -0.3 is 10.6 Å². The summed E-state index contributed by atoms with van der Waals surface area (Å²) in [5.41, 5.74) is 9.03. The molecule has 2 N–H and O–H groups in total. The molecule has 2 nitrogen and oxygen atoms in total. The Kier molecular flexibility index (Phi) is 7.71. The summed E-state index contributed by atoms with van der Waals surface area (Å²) in [6.45, 7) is 0. The zero-order valence-electron chi connectivity index (χ0n) is 24.3. The van der Waals surface area contributed by atoms with Gasteiger partial charge in [-0.2, -0.15) is 0 Å². The van der Waals surface area contributed by atoms with Gasteiger partial charge in [0.25, 0.3) is 0 Å². The Morgan fingerprint density at radius 2 is 0.545 bits per heavy atom. The molecule has 210 valence electrons. The number of rotatable bonds is 8. The molecule has 2 heteroatoms. The van der Waals surface area contributed by atoms with Crippen LogP contribution >= 0.6 is 0 Å². The van der Waals surface area contributed by atoms with Crippen molar-refractivity contribution in [1.82, 2.24) is 0 Å². The Bertz CT molecular complexity index is 1860. The van der Waals surface area contributed by atoms with Crippen molar-refractivity contribution >= 4 is 68.6 Å². The quantitative estimate of drug-likeness (QED) is 0.109. The first kappa shape index (κ1) is 27.0. The van der Waals surface area contributed by atoms with Crippen LogP contribution in [0.5, 0.6) is 0 Å². The predicted octanol–water partition coefficient (Wildman–Crippen LogP) is 11.8. The minimum Gasteiger partial charge on any atom is -0.355 e. The van der Waals surface area contributed by atoms with E-state index in [-0.39, 0.29) is 0 Å². The summed E-state index contributed by atoms with van der Waals surface area (Å²) in [5.74, 6) is 0. The van der Waals surface area contributed by atoms with Gasteiger partial charge in [0.15, 0.2) is 0 Å². The molecule has 0 radical (unpaired) electrons. The minimum absolute atomic E-state index is 1.05. The fraction of sp³-hybridized carbons (Fsp3) is 0. The molecule has 0 aliphatic rings. The summed E-state index contributed by atoms with van der Waals surface area (Å²) < 4.78 is 0. The third kappa shape index (κ3) is 6.01. The van der Waals surface area contributed by atoms with Crippen molar-refractivity contribution in [2.45, 2.75) is 0 Å². The molecule has 7 rings (SSSR count). The first-order chi connectivity index (χ1) is 21.8. The van der Waals surface area contributed by atoms with E-state index in [1.807, 2.05) is 12.1 Å². The van der Waals surface area contributed by atoms with Gasteiger partial charge in [-0.25, -0.2) is 0 Å². The Labute approximate surface area is 258 Å². The molecule has 0 atom stereocenters. The maximum absolute atomic E-state index is 3.76. The first-order valence-electron chi connectivity index (χ1n) is 14.9. The van der Waals surface area contributed by atoms with Gasteiger partial charge in [-0.1, -0.05) is 158 Å². The van der Waals surface area contributed by atoms with E-state index in [2.05, 4.69) is 181 Å². The van der Waals surface area contributed by atoms with Crippen LogP contribution in [0, 0.1) is 0 Å². The lowest BCUT2D eigenvalue weighted by molar-refractivity contribution is 1.56. The summed E-state index contributed by atoms with van der Waals surface area (Å²) in [6.07, 6.45) is 8.58. The first-order valence-corrected chi connectivity index (χ1v) is 14.9. The highest BCUT2D eigenvalue weighted by atomic mass is 14.9. The second-order valence-electron chi connectivity index (χ2n) is 10.8. The van der Waals surface area contributed by atoms with Gasteiger partial charge in [0.1, 0.15) is 0 Å². The molecule has 0 saturated carbocycles. The molecular weight excluding hydrogens is 532 g/mol. The number of hydrogen-bond acceptors (Lipinski definition) is 2. The molecule has 0 spiro atoms. The molecule has 7 aromatic carbocycles. The van der Waals surface area contributed by atoms with Crippen molar-refractivity contribution in [2.75, 3.05) is 10.6 Å². The number of benzene rings is 7. The van der Waals surface area contributed by atoms with Crippen LogP contribution in [0.25, 0.3) is 45.8 Å². The Balaban J connectivity index is 1.19. The minimum atomic E-state index is 1.05. The fourth-order valence-corrected chi connectivity index (χ4v) is 5.55. The second kappa shape index (κ2) is 12.6. The van der Waals surface area contributed by atoms with Crippen LogP contribution in [0.3, 0.4) is 0 Å². The van der Waals surface area contributed by atoms with Crippen LogP contribution < -0.4 is 10.6 Å². The van der Waals surface area contributed by atoms with E-state index in [0.717, 1.165) is 33.9 Å². The van der Waals surface area contributed by atoms with Gasteiger partial charge in [-0.05, 0) is 46.5 Å². The number of hydrogen-bond donors (Lipinski definition) is 2. The van der Waals surface area contributed by atoms with Gasteiger partial charge in [0, 0.05) is 32.9 Å². The summed E-state index contributed by atoms with van der Waals surface area (Å²) in [6, 6.07) is 55.2. The Morgan fingerprint density at radius 1 is 0.273 bits per heavy atom. The lowest BCUT2D eigenvalue weighted by Crippen LogP contribution is -1.98. The van der Waals surface area contributed by atoms with Crippen molar-refractivity contribution in [3.8, 4) is 0 Å². The normalized spacial score (nSPS) is 11.5. The van der Waals surface area contributed by atoms with Gasteiger partial charge in [-0.15, -0.1) is 0 Å². The maximum atomic E-state index is 3.76. The van der Waals surface area contributed by atoms with Crippen molar-refractivity contribution in [1.29, 1.82) is 0 Å². The lowest BCUT2D eigenvalue weighted by Gasteiger charge is -2.19. The number of nitrogens with one attached hydrogen (secondary N) is 2. The van der Waals surface area contributed by atoms with Crippen LogP contribution in [-0.4, -0.2) is 0 Å². The standard InChI is InChI=1S/C42H32N2/c1-3-11-31(12-4-1)19-21-33-23-27-35(28-24-33)43-41-37-15-7-9-17-39(37)42(40-18-10-8-16-38(40)41)44-36-29-25-34(26-30-36)22-20-32-13-5-2-6-14-32/h1-30,43-44H/b21-19+,22-20+. The lowest BCUT2D eigenvalue weighted by atomic mass is 9.97. The zero-order chi connectivity index (χ0) is 29.6. The molecule has 0 aromatic heterocycles. The molecule has 0 heterocycles. The average molecular weight is 565 g/mol. The third-order valence-corrected chi connectivity index (χ3v) is 7.83. The van der Waals surface area contributed by atoms with E-state index in [0.29, 0.717) is 0 Å². The van der Waals surface area contributed by atoms with Crippen molar-refractivity contribution in [2.24, 2.45) is 0 Å². The molecule has 7 aromatic rings. The van der Waals surface area contributed by atoms with Gasteiger partial charge in [0.2, 0.25) is 0 Å². The highest BCUT2D eigenvalue weighted by Gasteiger charge is 2.14. The summed E-state index contributed by atoms with van der Waals surface area (Å²) in [5, 5.41) is 12.2. The highest BCUT2D eigenvalue weighted by Crippen LogP contribution is 2.42. The number of anilines is 4. The molecule has 0 saturated heterocycles. The van der Waals surface area contributed by atoms with E-state index in [4.69, 9.17) is 0 Å². The summed E-state index contributed by atoms with van der Waals surface area (Å²) in [7, 11) is 0. The molecule has 0 aliphatic carbocycles. The largest absolute Gasteiger partial charge is 0.355 e. The zero-order valence-corrected chi connectivity index (χ0v) is 24.3. The molecule has 0 amide bonds. The highest BCUT2D eigenvalue weighted by molar-refractivity contribution is 6.20. The van der Waals surface area contributed by atoms with E-state index in [1.165, 1.54) is 32.7 Å². The summed E-state index contributed by atoms with van der Waals surface area (Å²) in [4.78, 5) is 0. The van der Waals surface area contributed by atoms with Crippen LogP contribution in [0.15, 0.2) is 158 Å². The predicted molar refractivity (Wildman–Crippen MR) is 192 cm³/mol. The molecule has 0 bridgehead atoms. The van der Waals surface area contributed by atoms with Crippen LogP contribution in [0.4, 0.5) is 22.7 Å². The van der Waals surface area contributed by atoms with E-state index >= 15 is 0 Å². The molecular formula is C42H32N2. The van der Waals surface area contributed by atoms with Crippen LogP contribution in [0.1, 0.15) is 22.3 Å². The maximum Gasteiger partial charge on any atom is 0.0545 e. The van der Waals surface area contributed by atoms with E-state index < -0.39 is 0 Å².